The number of fused-ring (bicyclic) bond motifs is 2. The first-order chi connectivity index (χ1) is 16.5. The van der Waals surface area contributed by atoms with Gasteiger partial charge in [-0.1, -0.05) is 12.1 Å². The summed E-state index contributed by atoms with van der Waals surface area (Å²) < 4.78 is 0. The van der Waals surface area contributed by atoms with Crippen LogP contribution in [0.4, 0.5) is 11.6 Å². The summed E-state index contributed by atoms with van der Waals surface area (Å²) in [7, 11) is 2.01. The minimum atomic E-state index is -0.121. The second-order valence-corrected chi connectivity index (χ2v) is 11.2. The Morgan fingerprint density at radius 1 is 0.971 bits per heavy atom. The lowest BCUT2D eigenvalue weighted by atomic mass is 9.49. The molecule has 7 heteroatoms. The van der Waals surface area contributed by atoms with E-state index in [-0.39, 0.29) is 17.2 Å². The van der Waals surface area contributed by atoms with Gasteiger partial charge in [-0.25, -0.2) is 9.97 Å². The van der Waals surface area contributed by atoms with E-state index >= 15 is 0 Å². The Balaban J connectivity index is 1.09. The van der Waals surface area contributed by atoms with Crippen molar-refractivity contribution in [3.63, 3.8) is 0 Å². The van der Waals surface area contributed by atoms with Crippen molar-refractivity contribution in [3.05, 3.63) is 24.3 Å². The first-order valence-electron chi connectivity index (χ1n) is 13.1. The number of rotatable bonds is 5. The molecule has 5 aliphatic rings. The summed E-state index contributed by atoms with van der Waals surface area (Å²) in [6.45, 7) is 2.05. The van der Waals surface area contributed by atoms with Crippen LogP contribution in [0.25, 0.3) is 11.0 Å². The summed E-state index contributed by atoms with van der Waals surface area (Å²) in [5.74, 6) is 4.01. The second-order valence-electron chi connectivity index (χ2n) is 11.2. The number of hydrogen-bond donors (Lipinski definition) is 1. The van der Waals surface area contributed by atoms with Crippen LogP contribution in [-0.4, -0.2) is 48.5 Å². The molecule has 1 aromatic heterocycles. The number of para-hydroxylation sites is 2. The van der Waals surface area contributed by atoms with Gasteiger partial charge in [0.1, 0.15) is 0 Å². The fourth-order valence-corrected chi connectivity index (χ4v) is 7.49. The van der Waals surface area contributed by atoms with E-state index in [1.54, 1.807) is 4.90 Å². The zero-order valence-electron chi connectivity index (χ0n) is 20.1. The molecule has 0 radical (unpaired) electrons. The van der Waals surface area contributed by atoms with E-state index < -0.39 is 0 Å². The van der Waals surface area contributed by atoms with Gasteiger partial charge in [0, 0.05) is 38.5 Å². The molecule has 34 heavy (non-hydrogen) atoms. The molecule has 2 amide bonds. The van der Waals surface area contributed by atoms with Crippen LogP contribution < -0.4 is 15.1 Å². The zero-order chi connectivity index (χ0) is 23.3. The van der Waals surface area contributed by atoms with Crippen molar-refractivity contribution in [1.82, 2.24) is 15.3 Å². The molecule has 1 aliphatic heterocycles. The van der Waals surface area contributed by atoms with Crippen LogP contribution in [-0.2, 0) is 9.59 Å². The van der Waals surface area contributed by atoms with Gasteiger partial charge >= 0.3 is 0 Å². The Bertz CT molecular complexity index is 1080. The van der Waals surface area contributed by atoms with Gasteiger partial charge in [-0.15, -0.1) is 0 Å². The van der Waals surface area contributed by atoms with Crippen LogP contribution in [0, 0.1) is 23.2 Å². The number of anilines is 2. The summed E-state index contributed by atoms with van der Waals surface area (Å²) in [6, 6.07) is 7.80. The van der Waals surface area contributed by atoms with Gasteiger partial charge in [0.15, 0.2) is 11.6 Å². The van der Waals surface area contributed by atoms with E-state index in [4.69, 9.17) is 9.97 Å². The zero-order valence-corrected chi connectivity index (χ0v) is 20.1. The number of nitrogens with one attached hydrogen (secondary N) is 1. The van der Waals surface area contributed by atoms with Crippen molar-refractivity contribution < 1.29 is 9.59 Å². The van der Waals surface area contributed by atoms with Crippen molar-refractivity contribution in [1.29, 1.82) is 0 Å². The first kappa shape index (κ1) is 21.8. The number of carbonyl (C=O) groups is 2. The molecule has 7 nitrogen and oxygen atoms in total. The van der Waals surface area contributed by atoms with E-state index in [9.17, 15) is 9.59 Å². The maximum Gasteiger partial charge on any atom is 0.228 e. The van der Waals surface area contributed by atoms with Gasteiger partial charge in [0.05, 0.1) is 11.0 Å². The molecular formula is C27H35N5O2. The van der Waals surface area contributed by atoms with E-state index in [0.717, 1.165) is 66.8 Å². The van der Waals surface area contributed by atoms with Crippen LogP contribution >= 0.6 is 0 Å². The smallest absolute Gasteiger partial charge is 0.228 e. The number of nitrogens with zero attached hydrogens (tertiary/aromatic N) is 4. The number of aromatic nitrogens is 2. The molecule has 2 aromatic rings. The minimum absolute atomic E-state index is 0.0604. The Kier molecular flexibility index (Phi) is 5.46. The topological polar surface area (TPSA) is 78.4 Å². The SMILES string of the molecule is CN1CCCN(C(=O)CCCNC(=O)C23CC4CC(CC(C4)C2)C3)c2nc3ccccc3nc21. The molecule has 4 bridgehead atoms. The summed E-state index contributed by atoms with van der Waals surface area (Å²) in [5.41, 5.74) is 1.52. The van der Waals surface area contributed by atoms with E-state index in [2.05, 4.69) is 10.2 Å². The molecule has 180 valence electrons. The summed E-state index contributed by atoms with van der Waals surface area (Å²) in [6.07, 6.45) is 9.18. The van der Waals surface area contributed by atoms with E-state index in [1.807, 2.05) is 31.3 Å². The molecule has 1 aromatic carbocycles. The number of hydrogen-bond acceptors (Lipinski definition) is 5. The molecule has 2 heterocycles. The van der Waals surface area contributed by atoms with Crippen molar-refractivity contribution in [2.75, 3.05) is 36.5 Å². The lowest BCUT2D eigenvalue weighted by Crippen LogP contribution is -2.53. The van der Waals surface area contributed by atoms with Crippen molar-refractivity contribution in [3.8, 4) is 0 Å². The van der Waals surface area contributed by atoms with E-state index in [0.29, 0.717) is 31.7 Å². The second kappa shape index (κ2) is 8.51. The standard InChI is InChI=1S/C27H35N5O2/c1-31-10-5-11-32(25-24(31)29-21-6-2-3-7-22(21)30-25)23(33)8-4-9-28-26(34)27-15-18-12-19(16-27)14-20(13-18)17-27/h2-3,6-7,18-20H,4-5,8-17H2,1H3,(H,28,34). The largest absolute Gasteiger partial charge is 0.357 e. The number of amides is 2. The van der Waals surface area contributed by atoms with Crippen LogP contribution in [0.5, 0.6) is 0 Å². The molecule has 1 N–H and O–H groups in total. The van der Waals surface area contributed by atoms with Crippen molar-refractivity contribution in [2.45, 2.75) is 57.8 Å². The van der Waals surface area contributed by atoms with Gasteiger partial charge in [0.25, 0.3) is 0 Å². The molecular weight excluding hydrogens is 426 g/mol. The molecule has 0 spiro atoms. The first-order valence-corrected chi connectivity index (χ1v) is 13.1. The normalized spacial score (nSPS) is 29.7. The van der Waals surface area contributed by atoms with Gasteiger partial charge in [-0.05, 0) is 81.3 Å². The Morgan fingerprint density at radius 3 is 2.24 bits per heavy atom. The highest BCUT2D eigenvalue weighted by Gasteiger charge is 2.54. The highest BCUT2D eigenvalue weighted by molar-refractivity contribution is 5.96. The minimum Gasteiger partial charge on any atom is -0.357 e. The highest BCUT2D eigenvalue weighted by atomic mass is 16.2. The third kappa shape index (κ3) is 3.83. The van der Waals surface area contributed by atoms with Crippen LogP contribution in [0.1, 0.15) is 57.8 Å². The Labute approximate surface area is 201 Å². The average molecular weight is 462 g/mol. The summed E-state index contributed by atoms with van der Waals surface area (Å²) >= 11 is 0. The number of benzene rings is 1. The predicted molar refractivity (Wildman–Crippen MR) is 133 cm³/mol. The molecule has 4 saturated carbocycles. The lowest BCUT2D eigenvalue weighted by molar-refractivity contribution is -0.146. The Hall–Kier alpha value is -2.70. The monoisotopic (exact) mass is 461 g/mol. The van der Waals surface area contributed by atoms with E-state index in [1.165, 1.54) is 19.3 Å². The Morgan fingerprint density at radius 2 is 1.59 bits per heavy atom. The molecule has 0 unspecified atom stereocenters. The van der Waals surface area contributed by atoms with Gasteiger partial charge in [-0.3, -0.25) is 14.5 Å². The molecule has 0 saturated heterocycles. The van der Waals surface area contributed by atoms with Crippen LogP contribution in [0.2, 0.25) is 0 Å². The van der Waals surface area contributed by atoms with Crippen molar-refractivity contribution >= 4 is 34.5 Å². The third-order valence-corrected chi connectivity index (χ3v) is 8.70. The van der Waals surface area contributed by atoms with Crippen LogP contribution in [0.15, 0.2) is 24.3 Å². The molecule has 0 atom stereocenters. The maximum atomic E-state index is 13.2. The summed E-state index contributed by atoms with van der Waals surface area (Å²) in [4.78, 5) is 40.0. The quantitative estimate of drug-likeness (QED) is 0.683. The third-order valence-electron chi connectivity index (χ3n) is 8.70. The highest BCUT2D eigenvalue weighted by Crippen LogP contribution is 2.60. The van der Waals surface area contributed by atoms with Crippen molar-refractivity contribution in [2.24, 2.45) is 23.2 Å². The lowest BCUT2D eigenvalue weighted by Gasteiger charge is -2.55. The fraction of sp³-hybridized carbons (Fsp3) is 0.630. The fourth-order valence-electron chi connectivity index (χ4n) is 7.49. The van der Waals surface area contributed by atoms with Gasteiger partial charge in [-0.2, -0.15) is 0 Å². The predicted octanol–water partition coefficient (Wildman–Crippen LogP) is 3.92. The van der Waals surface area contributed by atoms with Crippen LogP contribution in [0.3, 0.4) is 0 Å². The van der Waals surface area contributed by atoms with Gasteiger partial charge in [0.2, 0.25) is 11.8 Å². The number of carbonyl (C=O) groups excluding carboxylic acids is 2. The maximum absolute atomic E-state index is 13.2. The molecule has 7 rings (SSSR count). The summed E-state index contributed by atoms with van der Waals surface area (Å²) in [5, 5.41) is 3.21. The molecule has 4 aliphatic carbocycles. The molecule has 4 fully saturated rings. The average Bonchev–Trinajstić information content (AvgIpc) is 2.98. The van der Waals surface area contributed by atoms with Gasteiger partial charge < -0.3 is 10.2 Å².